The van der Waals surface area contributed by atoms with Gasteiger partial charge in [-0.3, -0.25) is 9.59 Å². The molecule has 0 fully saturated rings. The van der Waals surface area contributed by atoms with E-state index in [2.05, 4.69) is 5.16 Å². The second kappa shape index (κ2) is 7.39. The Morgan fingerprint density at radius 2 is 1.81 bits per heavy atom. The van der Waals surface area contributed by atoms with Gasteiger partial charge in [0.2, 0.25) is 0 Å². The molecule has 0 aliphatic carbocycles. The molecule has 6 nitrogen and oxygen atoms in total. The number of benzene rings is 1. The molecule has 1 aromatic carbocycles. The highest BCUT2D eigenvalue weighted by atomic mass is 16.5. The van der Waals surface area contributed by atoms with Crippen LogP contribution in [0.15, 0.2) is 28.8 Å². The van der Waals surface area contributed by atoms with E-state index in [4.69, 9.17) is 4.52 Å². The maximum absolute atomic E-state index is 13.3. The number of amides is 1. The summed E-state index contributed by atoms with van der Waals surface area (Å²) in [6.07, 6.45) is 0.672. The SMILES string of the molecule is CCc1noc(C)c1-c1c(C(=O)C(=O)N(CC)CC)c2ccccc2n1C. The Hall–Kier alpha value is -2.89. The van der Waals surface area contributed by atoms with Crippen molar-refractivity contribution in [3.63, 3.8) is 0 Å². The van der Waals surface area contributed by atoms with Crippen LogP contribution in [0.3, 0.4) is 0 Å². The van der Waals surface area contributed by atoms with Gasteiger partial charge in [0.25, 0.3) is 11.7 Å². The maximum Gasteiger partial charge on any atom is 0.295 e. The topological polar surface area (TPSA) is 68.3 Å². The Bertz CT molecular complexity index is 1010. The van der Waals surface area contributed by atoms with Crippen molar-refractivity contribution in [3.05, 3.63) is 41.3 Å². The van der Waals surface area contributed by atoms with Crippen LogP contribution < -0.4 is 0 Å². The summed E-state index contributed by atoms with van der Waals surface area (Å²) in [5.74, 6) is -0.333. The summed E-state index contributed by atoms with van der Waals surface area (Å²) >= 11 is 0. The molecule has 0 radical (unpaired) electrons. The van der Waals surface area contributed by atoms with Crippen molar-refractivity contribution >= 4 is 22.6 Å². The zero-order valence-corrected chi connectivity index (χ0v) is 16.5. The summed E-state index contributed by atoms with van der Waals surface area (Å²) in [5.41, 5.74) is 3.59. The minimum Gasteiger partial charge on any atom is -0.361 e. The van der Waals surface area contributed by atoms with Crippen molar-refractivity contribution in [2.75, 3.05) is 13.1 Å². The van der Waals surface area contributed by atoms with Crippen molar-refractivity contribution in [2.45, 2.75) is 34.1 Å². The molecule has 0 N–H and O–H groups in total. The van der Waals surface area contributed by atoms with Gasteiger partial charge in [-0.05, 0) is 33.3 Å². The number of aromatic nitrogens is 2. The molecule has 0 atom stereocenters. The summed E-state index contributed by atoms with van der Waals surface area (Å²) in [5, 5.41) is 4.91. The number of aryl methyl sites for hydroxylation is 3. The van der Waals surface area contributed by atoms with Gasteiger partial charge in [0.15, 0.2) is 0 Å². The second-order valence-electron chi connectivity index (χ2n) is 6.52. The lowest BCUT2D eigenvalue weighted by molar-refractivity contribution is -0.126. The number of hydrogen-bond acceptors (Lipinski definition) is 4. The average Bonchev–Trinajstić information content (AvgIpc) is 3.19. The largest absolute Gasteiger partial charge is 0.361 e. The maximum atomic E-state index is 13.3. The van der Waals surface area contributed by atoms with Crippen molar-refractivity contribution in [1.29, 1.82) is 0 Å². The summed E-state index contributed by atoms with van der Waals surface area (Å²) < 4.78 is 7.36. The number of nitrogens with zero attached hydrogens (tertiary/aromatic N) is 3. The molecule has 27 heavy (non-hydrogen) atoms. The van der Waals surface area contributed by atoms with Gasteiger partial charge in [0.05, 0.1) is 22.5 Å². The average molecular weight is 367 g/mol. The third kappa shape index (κ3) is 2.95. The van der Waals surface area contributed by atoms with Crippen LogP contribution in [0.4, 0.5) is 0 Å². The van der Waals surface area contributed by atoms with Crippen LogP contribution in [-0.4, -0.2) is 39.4 Å². The van der Waals surface area contributed by atoms with E-state index in [1.807, 2.05) is 63.6 Å². The molecule has 0 saturated heterocycles. The summed E-state index contributed by atoms with van der Waals surface area (Å²) in [4.78, 5) is 27.7. The van der Waals surface area contributed by atoms with E-state index >= 15 is 0 Å². The van der Waals surface area contributed by atoms with E-state index < -0.39 is 11.7 Å². The first kappa shape index (κ1) is 18.9. The van der Waals surface area contributed by atoms with Crippen LogP contribution >= 0.6 is 0 Å². The molecule has 0 aliphatic rings. The van der Waals surface area contributed by atoms with Crippen LogP contribution in [0.25, 0.3) is 22.2 Å². The van der Waals surface area contributed by atoms with E-state index in [-0.39, 0.29) is 0 Å². The van der Waals surface area contributed by atoms with E-state index in [9.17, 15) is 9.59 Å². The Morgan fingerprint density at radius 3 is 2.44 bits per heavy atom. The zero-order valence-electron chi connectivity index (χ0n) is 16.5. The third-order valence-corrected chi connectivity index (χ3v) is 5.08. The molecule has 142 valence electrons. The number of carbonyl (C=O) groups is 2. The highest BCUT2D eigenvalue weighted by Crippen LogP contribution is 2.37. The molecule has 0 bridgehead atoms. The highest BCUT2D eigenvalue weighted by molar-refractivity contribution is 6.46. The molecule has 3 rings (SSSR count). The predicted molar refractivity (Wildman–Crippen MR) is 105 cm³/mol. The molecule has 1 amide bonds. The van der Waals surface area contributed by atoms with Gasteiger partial charge in [-0.25, -0.2) is 0 Å². The summed E-state index contributed by atoms with van der Waals surface area (Å²) in [7, 11) is 1.90. The molecule has 0 saturated carbocycles. The molecule has 2 heterocycles. The second-order valence-corrected chi connectivity index (χ2v) is 6.52. The number of para-hydroxylation sites is 1. The Kier molecular flexibility index (Phi) is 5.17. The number of Topliss-reactive ketones (excluding diaryl/α,β-unsaturated/α-hetero) is 1. The fourth-order valence-corrected chi connectivity index (χ4v) is 3.64. The minimum atomic E-state index is -0.492. The lowest BCUT2D eigenvalue weighted by atomic mass is 9.99. The molecule has 2 aromatic heterocycles. The number of likely N-dealkylation sites (N-methyl/N-ethyl adjacent to an activating group) is 1. The normalized spacial score (nSPS) is 11.1. The quantitative estimate of drug-likeness (QED) is 0.491. The van der Waals surface area contributed by atoms with Crippen LogP contribution in [-0.2, 0) is 18.3 Å². The van der Waals surface area contributed by atoms with Crippen molar-refractivity contribution < 1.29 is 14.1 Å². The smallest absolute Gasteiger partial charge is 0.295 e. The van der Waals surface area contributed by atoms with Crippen LogP contribution in [0.1, 0.15) is 42.6 Å². The van der Waals surface area contributed by atoms with Gasteiger partial charge in [0, 0.05) is 31.0 Å². The van der Waals surface area contributed by atoms with Crippen molar-refractivity contribution in [3.8, 4) is 11.3 Å². The number of hydrogen-bond donors (Lipinski definition) is 0. The Morgan fingerprint density at radius 1 is 1.15 bits per heavy atom. The van der Waals surface area contributed by atoms with Crippen LogP contribution in [0, 0.1) is 6.92 Å². The molecule has 6 heteroatoms. The lowest BCUT2D eigenvalue weighted by Gasteiger charge is -2.18. The van der Waals surface area contributed by atoms with Gasteiger partial charge in [-0.1, -0.05) is 30.3 Å². The van der Waals surface area contributed by atoms with Gasteiger partial charge in [-0.15, -0.1) is 0 Å². The fourth-order valence-electron chi connectivity index (χ4n) is 3.64. The van der Waals surface area contributed by atoms with E-state index in [0.717, 1.165) is 22.2 Å². The van der Waals surface area contributed by atoms with Crippen LogP contribution in [0.5, 0.6) is 0 Å². The summed E-state index contributed by atoms with van der Waals surface area (Å²) in [6, 6.07) is 7.64. The standard InChI is InChI=1S/C21H25N3O3/c1-6-15-17(13(4)27-22-15)19-18(20(25)21(26)24(7-2)8-3)14-11-9-10-12-16(14)23(19)5/h9-12H,6-8H2,1-5H3. The molecule has 0 spiro atoms. The molecular weight excluding hydrogens is 342 g/mol. The van der Waals surface area contributed by atoms with Gasteiger partial charge >= 0.3 is 0 Å². The highest BCUT2D eigenvalue weighted by Gasteiger charge is 2.31. The summed E-state index contributed by atoms with van der Waals surface area (Å²) in [6.45, 7) is 8.56. The fraction of sp³-hybridized carbons (Fsp3) is 0.381. The monoisotopic (exact) mass is 367 g/mol. The Labute approximate surface area is 158 Å². The molecule has 0 aliphatic heterocycles. The first-order valence-corrected chi connectivity index (χ1v) is 9.32. The first-order chi connectivity index (χ1) is 13.0. The van der Waals surface area contributed by atoms with Crippen LogP contribution in [0.2, 0.25) is 0 Å². The number of carbonyl (C=O) groups excluding carboxylic acids is 2. The van der Waals surface area contributed by atoms with E-state index in [1.165, 1.54) is 0 Å². The number of rotatable bonds is 6. The van der Waals surface area contributed by atoms with E-state index in [0.29, 0.717) is 36.5 Å². The first-order valence-electron chi connectivity index (χ1n) is 9.32. The number of ketones is 1. The van der Waals surface area contributed by atoms with E-state index in [1.54, 1.807) is 4.90 Å². The molecule has 0 unspecified atom stereocenters. The van der Waals surface area contributed by atoms with Gasteiger partial charge in [-0.2, -0.15) is 0 Å². The third-order valence-electron chi connectivity index (χ3n) is 5.08. The molecular formula is C21H25N3O3. The Balaban J connectivity index is 2.33. The predicted octanol–water partition coefficient (Wildman–Crippen LogP) is 3.76. The van der Waals surface area contributed by atoms with Crippen molar-refractivity contribution in [1.82, 2.24) is 14.6 Å². The lowest BCUT2D eigenvalue weighted by Crippen LogP contribution is -2.36. The van der Waals surface area contributed by atoms with Gasteiger partial charge in [0.1, 0.15) is 5.76 Å². The van der Waals surface area contributed by atoms with Gasteiger partial charge < -0.3 is 14.0 Å². The van der Waals surface area contributed by atoms with Crippen molar-refractivity contribution in [2.24, 2.45) is 7.05 Å². The number of fused-ring (bicyclic) bond motifs is 1. The minimum absolute atomic E-state index is 0.422. The zero-order chi connectivity index (χ0) is 19.7. The molecule has 3 aromatic rings.